The van der Waals surface area contributed by atoms with Crippen molar-refractivity contribution in [1.29, 1.82) is 0 Å². The highest BCUT2D eigenvalue weighted by Crippen LogP contribution is 2.26. The van der Waals surface area contributed by atoms with Crippen LogP contribution in [0.5, 0.6) is 5.75 Å². The van der Waals surface area contributed by atoms with Crippen LogP contribution in [0.15, 0.2) is 47.6 Å². The standard InChI is InChI=1S/C16H15Cl2NO2/c1-2-15(19-20)11-6-8-13(9-7-11)21-10-12-4-3-5-14(17)16(12)18/h3-9,20H,2,10H2,1H3/b19-15-. The van der Waals surface area contributed by atoms with E-state index in [1.807, 2.05) is 43.3 Å². The van der Waals surface area contributed by atoms with Crippen LogP contribution < -0.4 is 4.74 Å². The number of hydrogen-bond acceptors (Lipinski definition) is 3. The predicted octanol–water partition coefficient (Wildman–Crippen LogP) is 5.16. The number of hydrogen-bond donors (Lipinski definition) is 1. The molecule has 0 amide bonds. The molecule has 0 aliphatic rings. The summed E-state index contributed by atoms with van der Waals surface area (Å²) in [4.78, 5) is 0. The molecule has 0 saturated heterocycles. The van der Waals surface area contributed by atoms with E-state index in [0.29, 0.717) is 34.5 Å². The SMILES string of the molecule is CC/C(=N/O)c1ccc(OCc2cccc(Cl)c2Cl)cc1. The number of halogens is 2. The number of nitrogens with zero attached hydrogens (tertiary/aromatic N) is 1. The zero-order chi connectivity index (χ0) is 15.2. The van der Waals surface area contributed by atoms with E-state index in [4.69, 9.17) is 33.1 Å². The van der Waals surface area contributed by atoms with Gasteiger partial charge in [0.15, 0.2) is 0 Å². The van der Waals surface area contributed by atoms with Crippen molar-refractivity contribution in [2.24, 2.45) is 5.16 Å². The third-order valence-corrected chi connectivity index (χ3v) is 3.93. The van der Waals surface area contributed by atoms with E-state index in [0.717, 1.165) is 11.1 Å². The Balaban J connectivity index is 2.06. The van der Waals surface area contributed by atoms with E-state index in [-0.39, 0.29) is 0 Å². The third kappa shape index (κ3) is 3.90. The maximum Gasteiger partial charge on any atom is 0.119 e. The Morgan fingerprint density at radius 1 is 1.14 bits per heavy atom. The van der Waals surface area contributed by atoms with Gasteiger partial charge in [-0.25, -0.2) is 0 Å². The van der Waals surface area contributed by atoms with Gasteiger partial charge in [0, 0.05) is 5.56 Å². The van der Waals surface area contributed by atoms with Crippen LogP contribution in [0, 0.1) is 0 Å². The molecule has 0 aliphatic carbocycles. The Labute approximate surface area is 133 Å². The van der Waals surface area contributed by atoms with Crippen LogP contribution in [0.1, 0.15) is 24.5 Å². The van der Waals surface area contributed by atoms with Crippen LogP contribution in [0.25, 0.3) is 0 Å². The average Bonchev–Trinajstić information content (AvgIpc) is 2.51. The first kappa shape index (κ1) is 15.7. The first-order chi connectivity index (χ1) is 10.2. The molecule has 0 atom stereocenters. The number of ether oxygens (including phenoxy) is 1. The molecule has 0 radical (unpaired) electrons. The molecule has 0 fully saturated rings. The van der Waals surface area contributed by atoms with Crippen LogP contribution in [0.4, 0.5) is 0 Å². The van der Waals surface area contributed by atoms with E-state index in [1.165, 1.54) is 0 Å². The molecule has 1 N–H and O–H groups in total. The highest BCUT2D eigenvalue weighted by Gasteiger charge is 2.06. The van der Waals surface area contributed by atoms with Crippen molar-refractivity contribution >= 4 is 28.9 Å². The first-order valence-corrected chi connectivity index (χ1v) is 7.28. The fourth-order valence-electron chi connectivity index (χ4n) is 1.90. The number of benzene rings is 2. The van der Waals surface area contributed by atoms with Crippen molar-refractivity contribution in [2.45, 2.75) is 20.0 Å². The van der Waals surface area contributed by atoms with Crippen LogP contribution in [0.2, 0.25) is 10.0 Å². The zero-order valence-corrected chi connectivity index (χ0v) is 13.0. The Morgan fingerprint density at radius 3 is 2.48 bits per heavy atom. The molecule has 0 saturated carbocycles. The van der Waals surface area contributed by atoms with Gasteiger partial charge in [0.05, 0.1) is 15.8 Å². The lowest BCUT2D eigenvalue weighted by Crippen LogP contribution is -2.00. The normalized spacial score (nSPS) is 11.5. The van der Waals surface area contributed by atoms with Gasteiger partial charge in [0.1, 0.15) is 12.4 Å². The molecule has 2 rings (SSSR count). The molecule has 21 heavy (non-hydrogen) atoms. The number of rotatable bonds is 5. The zero-order valence-electron chi connectivity index (χ0n) is 11.5. The minimum Gasteiger partial charge on any atom is -0.489 e. The summed E-state index contributed by atoms with van der Waals surface area (Å²) in [5.74, 6) is 0.711. The fraction of sp³-hybridized carbons (Fsp3) is 0.188. The molecule has 0 heterocycles. The lowest BCUT2D eigenvalue weighted by molar-refractivity contribution is 0.306. The highest BCUT2D eigenvalue weighted by atomic mass is 35.5. The van der Waals surface area contributed by atoms with Gasteiger partial charge in [0.25, 0.3) is 0 Å². The predicted molar refractivity (Wildman–Crippen MR) is 85.9 cm³/mol. The van der Waals surface area contributed by atoms with Crippen molar-refractivity contribution in [3.05, 3.63) is 63.6 Å². The lowest BCUT2D eigenvalue weighted by atomic mass is 10.1. The van der Waals surface area contributed by atoms with E-state index in [1.54, 1.807) is 6.07 Å². The van der Waals surface area contributed by atoms with Crippen molar-refractivity contribution in [1.82, 2.24) is 0 Å². The molecule has 0 bridgehead atoms. The Hall–Kier alpha value is -1.71. The van der Waals surface area contributed by atoms with Gasteiger partial charge in [-0.2, -0.15) is 0 Å². The van der Waals surface area contributed by atoms with Gasteiger partial charge in [-0.05, 0) is 42.3 Å². The van der Waals surface area contributed by atoms with Gasteiger partial charge < -0.3 is 9.94 Å². The summed E-state index contributed by atoms with van der Waals surface area (Å²) in [6.07, 6.45) is 0.662. The quantitative estimate of drug-likeness (QED) is 0.469. The molecule has 0 aliphatic heterocycles. The van der Waals surface area contributed by atoms with Gasteiger partial charge in [-0.15, -0.1) is 0 Å². The maximum absolute atomic E-state index is 8.89. The molecule has 0 spiro atoms. The highest BCUT2D eigenvalue weighted by molar-refractivity contribution is 6.42. The smallest absolute Gasteiger partial charge is 0.119 e. The van der Waals surface area contributed by atoms with Crippen molar-refractivity contribution in [3.8, 4) is 5.75 Å². The summed E-state index contributed by atoms with van der Waals surface area (Å²) in [5, 5.41) is 13.2. The molecule has 110 valence electrons. The second-order valence-corrected chi connectivity index (χ2v) is 5.21. The first-order valence-electron chi connectivity index (χ1n) is 6.52. The minimum atomic E-state index is 0.341. The molecule has 5 heteroatoms. The molecule has 3 nitrogen and oxygen atoms in total. The van der Waals surface area contributed by atoms with Crippen LogP contribution >= 0.6 is 23.2 Å². The van der Waals surface area contributed by atoms with E-state index >= 15 is 0 Å². The summed E-state index contributed by atoms with van der Waals surface area (Å²) in [7, 11) is 0. The van der Waals surface area contributed by atoms with E-state index in [2.05, 4.69) is 5.16 Å². The molecule has 2 aromatic carbocycles. The average molecular weight is 324 g/mol. The summed E-state index contributed by atoms with van der Waals surface area (Å²) >= 11 is 12.1. The molecular formula is C16H15Cl2NO2. The van der Waals surface area contributed by atoms with Gasteiger partial charge in [0.2, 0.25) is 0 Å². The summed E-state index contributed by atoms with van der Waals surface area (Å²) in [5.41, 5.74) is 2.34. The van der Waals surface area contributed by atoms with Crippen molar-refractivity contribution in [3.63, 3.8) is 0 Å². The van der Waals surface area contributed by atoms with Crippen molar-refractivity contribution in [2.75, 3.05) is 0 Å². The van der Waals surface area contributed by atoms with Gasteiger partial charge in [-0.3, -0.25) is 0 Å². The largest absolute Gasteiger partial charge is 0.489 e. The maximum atomic E-state index is 8.89. The Bertz CT molecular complexity index is 639. The topological polar surface area (TPSA) is 41.8 Å². The number of oxime groups is 1. The van der Waals surface area contributed by atoms with E-state index < -0.39 is 0 Å². The van der Waals surface area contributed by atoms with Crippen LogP contribution in [-0.2, 0) is 6.61 Å². The minimum absolute atomic E-state index is 0.341. The van der Waals surface area contributed by atoms with Gasteiger partial charge in [-0.1, -0.05) is 47.4 Å². The molecule has 0 unspecified atom stereocenters. The summed E-state index contributed by atoms with van der Waals surface area (Å²) in [6, 6.07) is 12.8. The second-order valence-electron chi connectivity index (χ2n) is 4.43. The summed E-state index contributed by atoms with van der Waals surface area (Å²) in [6.45, 7) is 2.27. The van der Waals surface area contributed by atoms with Gasteiger partial charge >= 0.3 is 0 Å². The second kappa shape index (κ2) is 7.34. The fourth-order valence-corrected chi connectivity index (χ4v) is 2.27. The molecule has 2 aromatic rings. The van der Waals surface area contributed by atoms with Crippen LogP contribution in [-0.4, -0.2) is 10.9 Å². The third-order valence-electron chi connectivity index (χ3n) is 3.07. The molecule has 0 aromatic heterocycles. The lowest BCUT2D eigenvalue weighted by Gasteiger charge is -2.09. The summed E-state index contributed by atoms with van der Waals surface area (Å²) < 4.78 is 5.68. The van der Waals surface area contributed by atoms with E-state index in [9.17, 15) is 0 Å². The van der Waals surface area contributed by atoms with Crippen LogP contribution in [0.3, 0.4) is 0 Å². The van der Waals surface area contributed by atoms with Crippen molar-refractivity contribution < 1.29 is 9.94 Å². The molecular weight excluding hydrogens is 309 g/mol. The Kier molecular flexibility index (Phi) is 5.48. The Morgan fingerprint density at radius 2 is 1.86 bits per heavy atom. The monoisotopic (exact) mass is 323 g/mol.